The zero-order valence-corrected chi connectivity index (χ0v) is 13.9. The van der Waals surface area contributed by atoms with Crippen LogP contribution in [0.5, 0.6) is 0 Å². The molecule has 1 aromatic heterocycles. The van der Waals surface area contributed by atoms with Gasteiger partial charge in [-0.15, -0.1) is 0 Å². The van der Waals surface area contributed by atoms with Gasteiger partial charge in [0.15, 0.2) is 0 Å². The van der Waals surface area contributed by atoms with Gasteiger partial charge in [0.25, 0.3) is 0 Å². The zero-order valence-electron chi connectivity index (χ0n) is 13.0. The number of piperidine rings is 1. The number of aryl methyl sites for hydroxylation is 1. The first-order valence-electron chi connectivity index (χ1n) is 7.49. The monoisotopic (exact) mass is 314 g/mol. The number of hydrogen-bond donors (Lipinski definition) is 2. The molecule has 1 aliphatic rings. The van der Waals surface area contributed by atoms with Gasteiger partial charge in [0.05, 0.1) is 4.90 Å². The van der Waals surface area contributed by atoms with E-state index in [0.717, 1.165) is 25.1 Å². The van der Waals surface area contributed by atoms with E-state index in [2.05, 4.69) is 23.6 Å². The van der Waals surface area contributed by atoms with E-state index in [4.69, 9.17) is 5.73 Å². The summed E-state index contributed by atoms with van der Waals surface area (Å²) in [5.74, 6) is 0. The fourth-order valence-electron chi connectivity index (χ4n) is 2.82. The Kier molecular flexibility index (Phi) is 5.08. The Morgan fingerprint density at radius 2 is 2.19 bits per heavy atom. The maximum Gasteiger partial charge on any atom is 0.242 e. The van der Waals surface area contributed by atoms with Crippen molar-refractivity contribution in [1.29, 1.82) is 0 Å². The highest BCUT2D eigenvalue weighted by atomic mass is 32.2. The molecule has 2 atom stereocenters. The van der Waals surface area contributed by atoms with Gasteiger partial charge in [-0.3, -0.25) is 0 Å². The van der Waals surface area contributed by atoms with Crippen molar-refractivity contribution in [1.82, 2.24) is 14.2 Å². The molecule has 1 saturated heterocycles. The van der Waals surface area contributed by atoms with E-state index in [-0.39, 0.29) is 6.04 Å². The van der Waals surface area contributed by atoms with Crippen molar-refractivity contribution in [3.8, 4) is 0 Å². The molecule has 0 amide bonds. The first kappa shape index (κ1) is 16.5. The van der Waals surface area contributed by atoms with Crippen LogP contribution in [-0.4, -0.2) is 43.6 Å². The number of rotatable bonds is 5. The quantitative estimate of drug-likeness (QED) is 0.839. The number of sulfonamides is 1. The van der Waals surface area contributed by atoms with Gasteiger partial charge in [0.2, 0.25) is 10.0 Å². The van der Waals surface area contributed by atoms with E-state index >= 15 is 0 Å². The van der Waals surface area contributed by atoms with E-state index < -0.39 is 10.0 Å². The number of nitrogens with two attached hydrogens (primary N) is 1. The lowest BCUT2D eigenvalue weighted by atomic mass is 10.0. The van der Waals surface area contributed by atoms with E-state index in [9.17, 15) is 8.42 Å². The molecule has 2 heterocycles. The third-order valence-electron chi connectivity index (χ3n) is 4.35. The van der Waals surface area contributed by atoms with Crippen LogP contribution in [0, 0.1) is 0 Å². The molecule has 0 spiro atoms. The summed E-state index contributed by atoms with van der Waals surface area (Å²) < 4.78 is 29.7. The highest BCUT2D eigenvalue weighted by molar-refractivity contribution is 7.89. The molecule has 1 fully saturated rings. The molecule has 21 heavy (non-hydrogen) atoms. The van der Waals surface area contributed by atoms with Crippen LogP contribution in [0.4, 0.5) is 0 Å². The predicted octanol–water partition coefficient (Wildman–Crippen LogP) is 0.728. The van der Waals surface area contributed by atoms with Gasteiger partial charge < -0.3 is 15.2 Å². The first-order chi connectivity index (χ1) is 9.87. The van der Waals surface area contributed by atoms with Crippen LogP contribution in [0.3, 0.4) is 0 Å². The SMILES string of the molecule is CCn1cc(S(=O)(=O)NC2CCN(C)C(C)C2)cc1CN. The fraction of sp³-hybridized carbons (Fsp3) is 0.714. The molecular formula is C14H26N4O2S. The molecule has 0 bridgehead atoms. The molecule has 6 nitrogen and oxygen atoms in total. The topological polar surface area (TPSA) is 80.4 Å². The normalized spacial score (nSPS) is 24.4. The number of nitrogens with zero attached hydrogens (tertiary/aromatic N) is 2. The van der Waals surface area contributed by atoms with Crippen LogP contribution in [-0.2, 0) is 23.1 Å². The molecule has 2 rings (SSSR count). The second-order valence-electron chi connectivity index (χ2n) is 5.83. The third kappa shape index (κ3) is 3.66. The number of hydrogen-bond acceptors (Lipinski definition) is 4. The van der Waals surface area contributed by atoms with Crippen molar-refractivity contribution in [2.45, 2.75) is 56.8 Å². The lowest BCUT2D eigenvalue weighted by Crippen LogP contribution is -2.47. The van der Waals surface area contributed by atoms with Crippen molar-refractivity contribution in [3.63, 3.8) is 0 Å². The minimum Gasteiger partial charge on any atom is -0.349 e. The average molecular weight is 314 g/mol. The molecule has 3 N–H and O–H groups in total. The maximum atomic E-state index is 12.5. The number of likely N-dealkylation sites (tertiary alicyclic amines) is 1. The highest BCUT2D eigenvalue weighted by Gasteiger charge is 2.27. The number of nitrogens with one attached hydrogen (secondary N) is 1. The molecule has 0 radical (unpaired) electrons. The largest absolute Gasteiger partial charge is 0.349 e. The van der Waals surface area contributed by atoms with Gasteiger partial charge in [-0.05, 0) is 46.3 Å². The zero-order chi connectivity index (χ0) is 15.6. The summed E-state index contributed by atoms with van der Waals surface area (Å²) >= 11 is 0. The van der Waals surface area contributed by atoms with Gasteiger partial charge in [-0.25, -0.2) is 13.1 Å². The lowest BCUT2D eigenvalue weighted by Gasteiger charge is -2.35. The third-order valence-corrected chi connectivity index (χ3v) is 5.84. The summed E-state index contributed by atoms with van der Waals surface area (Å²) in [5, 5.41) is 0. The number of aromatic nitrogens is 1. The van der Waals surface area contributed by atoms with Crippen LogP contribution in [0.15, 0.2) is 17.2 Å². The van der Waals surface area contributed by atoms with E-state index in [1.54, 1.807) is 12.3 Å². The second kappa shape index (κ2) is 6.48. The summed E-state index contributed by atoms with van der Waals surface area (Å²) in [4.78, 5) is 2.57. The smallest absolute Gasteiger partial charge is 0.242 e. The van der Waals surface area contributed by atoms with Gasteiger partial charge in [0, 0.05) is 37.1 Å². The predicted molar refractivity (Wildman–Crippen MR) is 83.4 cm³/mol. The summed E-state index contributed by atoms with van der Waals surface area (Å²) in [6.45, 7) is 6.07. The molecule has 1 aliphatic heterocycles. The Bertz CT molecular complexity index is 560. The molecule has 1 aromatic rings. The van der Waals surface area contributed by atoms with Crippen molar-refractivity contribution < 1.29 is 8.42 Å². The molecule has 7 heteroatoms. The van der Waals surface area contributed by atoms with Crippen LogP contribution >= 0.6 is 0 Å². The Labute approximate surface area is 127 Å². The molecule has 0 saturated carbocycles. The summed E-state index contributed by atoms with van der Waals surface area (Å²) in [6.07, 6.45) is 3.36. The standard InChI is InChI=1S/C14H26N4O2S/c1-4-18-10-14(8-13(18)9-15)21(19,20)16-12-5-6-17(3)11(2)7-12/h8,10-12,16H,4-7,9,15H2,1-3H3. The molecule has 120 valence electrons. The Morgan fingerprint density at radius 3 is 2.71 bits per heavy atom. The molecule has 0 aliphatic carbocycles. The summed E-state index contributed by atoms with van der Waals surface area (Å²) in [6, 6.07) is 2.07. The highest BCUT2D eigenvalue weighted by Crippen LogP contribution is 2.19. The van der Waals surface area contributed by atoms with Crippen molar-refractivity contribution in [3.05, 3.63) is 18.0 Å². The van der Waals surface area contributed by atoms with E-state index in [0.29, 0.717) is 24.0 Å². The van der Waals surface area contributed by atoms with Gasteiger partial charge in [-0.2, -0.15) is 0 Å². The van der Waals surface area contributed by atoms with Crippen molar-refractivity contribution in [2.75, 3.05) is 13.6 Å². The van der Waals surface area contributed by atoms with Gasteiger partial charge in [-0.1, -0.05) is 0 Å². The molecular weight excluding hydrogens is 288 g/mol. The minimum absolute atomic E-state index is 0.00695. The van der Waals surface area contributed by atoms with E-state index in [1.165, 1.54) is 0 Å². The summed E-state index contributed by atoms with van der Waals surface area (Å²) in [5.41, 5.74) is 6.50. The van der Waals surface area contributed by atoms with Crippen LogP contribution in [0.1, 0.15) is 32.4 Å². The van der Waals surface area contributed by atoms with Crippen LogP contribution < -0.4 is 10.5 Å². The van der Waals surface area contributed by atoms with Crippen molar-refractivity contribution >= 4 is 10.0 Å². The van der Waals surface area contributed by atoms with Crippen LogP contribution in [0.25, 0.3) is 0 Å². The first-order valence-corrected chi connectivity index (χ1v) is 8.97. The second-order valence-corrected chi connectivity index (χ2v) is 7.54. The Morgan fingerprint density at radius 1 is 1.48 bits per heavy atom. The minimum atomic E-state index is -3.47. The van der Waals surface area contributed by atoms with Gasteiger partial charge >= 0.3 is 0 Å². The van der Waals surface area contributed by atoms with Crippen molar-refractivity contribution in [2.24, 2.45) is 5.73 Å². The Balaban J connectivity index is 2.13. The van der Waals surface area contributed by atoms with E-state index in [1.807, 2.05) is 11.5 Å². The molecule has 0 aromatic carbocycles. The van der Waals surface area contributed by atoms with Crippen LogP contribution in [0.2, 0.25) is 0 Å². The molecule has 2 unspecified atom stereocenters. The summed E-state index contributed by atoms with van der Waals surface area (Å²) in [7, 11) is -1.39. The lowest BCUT2D eigenvalue weighted by molar-refractivity contribution is 0.178. The fourth-order valence-corrected chi connectivity index (χ4v) is 4.17. The van der Waals surface area contributed by atoms with Gasteiger partial charge in [0.1, 0.15) is 0 Å². The maximum absolute atomic E-state index is 12.5. The average Bonchev–Trinajstić information content (AvgIpc) is 2.86. The Hall–Kier alpha value is -0.890.